The zero-order valence-electron chi connectivity index (χ0n) is 10.4. The van der Waals surface area contributed by atoms with Gasteiger partial charge in [0.05, 0.1) is 11.4 Å². The van der Waals surface area contributed by atoms with Crippen LogP contribution in [0.15, 0.2) is 54.0 Å². The lowest BCUT2D eigenvalue weighted by atomic mass is 10.3. The Balaban J connectivity index is 1.93. The Morgan fingerprint density at radius 1 is 1.16 bits per heavy atom. The predicted molar refractivity (Wildman–Crippen MR) is 80.0 cm³/mol. The molecule has 6 heteroatoms. The number of nitrogens with one attached hydrogen (secondary N) is 2. The molecule has 96 valence electrons. The van der Waals surface area contributed by atoms with E-state index < -0.39 is 0 Å². The quantitative estimate of drug-likeness (QED) is 0.509. The summed E-state index contributed by atoms with van der Waals surface area (Å²) in [4.78, 5) is 8.12. The van der Waals surface area contributed by atoms with E-state index in [1.54, 1.807) is 18.6 Å². The summed E-state index contributed by atoms with van der Waals surface area (Å²) in [5, 5.41) is 7.59. The molecule has 0 saturated heterocycles. The monoisotopic (exact) mass is 271 g/mol. The summed E-state index contributed by atoms with van der Waals surface area (Å²) in [7, 11) is 0. The molecule has 0 saturated carbocycles. The van der Waals surface area contributed by atoms with Gasteiger partial charge in [0.1, 0.15) is 0 Å². The number of thiocarbonyl (C=S) groups is 1. The minimum atomic E-state index is 0.418. The van der Waals surface area contributed by atoms with Gasteiger partial charge in [-0.25, -0.2) is 0 Å². The van der Waals surface area contributed by atoms with Crippen molar-refractivity contribution in [3.05, 3.63) is 54.6 Å². The molecule has 2 aromatic heterocycles. The van der Waals surface area contributed by atoms with Gasteiger partial charge in [-0.15, -0.1) is 0 Å². The number of pyridine rings is 2. The molecule has 19 heavy (non-hydrogen) atoms. The highest BCUT2D eigenvalue weighted by atomic mass is 32.1. The molecule has 2 N–H and O–H groups in total. The topological polar surface area (TPSA) is 62.2 Å². The largest absolute Gasteiger partial charge is 0.331 e. The fourth-order valence-corrected chi connectivity index (χ4v) is 1.53. The van der Waals surface area contributed by atoms with Gasteiger partial charge in [0.15, 0.2) is 5.11 Å². The van der Waals surface area contributed by atoms with Gasteiger partial charge in [-0.2, -0.15) is 5.10 Å². The summed E-state index contributed by atoms with van der Waals surface area (Å²) in [6, 6.07) is 9.31. The van der Waals surface area contributed by atoms with Crippen LogP contribution in [-0.4, -0.2) is 20.8 Å². The second-order valence-corrected chi connectivity index (χ2v) is 4.12. The minimum Gasteiger partial charge on any atom is -0.331 e. The highest BCUT2D eigenvalue weighted by Gasteiger charge is 1.99. The third-order valence-corrected chi connectivity index (χ3v) is 2.49. The number of hydrazone groups is 1. The van der Waals surface area contributed by atoms with Gasteiger partial charge in [0, 0.05) is 24.3 Å². The molecule has 0 radical (unpaired) electrons. The Kier molecular flexibility index (Phi) is 4.52. The van der Waals surface area contributed by atoms with E-state index in [0.29, 0.717) is 5.11 Å². The number of aromatic nitrogens is 2. The summed E-state index contributed by atoms with van der Waals surface area (Å²) in [6.07, 6.45) is 5.10. The number of nitrogens with zero attached hydrogens (tertiary/aromatic N) is 3. The number of hydrogen-bond acceptors (Lipinski definition) is 4. The molecule has 2 heterocycles. The van der Waals surface area contributed by atoms with E-state index in [1.165, 1.54) is 0 Å². The van der Waals surface area contributed by atoms with Crippen molar-refractivity contribution in [2.45, 2.75) is 6.92 Å². The first-order valence-electron chi connectivity index (χ1n) is 5.68. The van der Waals surface area contributed by atoms with Crippen molar-refractivity contribution in [2.24, 2.45) is 5.10 Å². The maximum Gasteiger partial charge on any atom is 0.191 e. The van der Waals surface area contributed by atoms with Crippen molar-refractivity contribution in [1.82, 2.24) is 15.4 Å². The lowest BCUT2D eigenvalue weighted by Gasteiger charge is -2.07. The molecule has 5 nitrogen and oxygen atoms in total. The van der Waals surface area contributed by atoms with Crippen LogP contribution in [0.3, 0.4) is 0 Å². The maximum atomic E-state index is 5.13. The standard InChI is InChI=1S/C13H13N5S/c1-10(12-4-2-3-7-15-12)17-18-13(19)16-11-5-8-14-9-6-11/h2-9H,1H3,(H2,14,16,18,19)/b17-10-. The third-order valence-electron chi connectivity index (χ3n) is 2.30. The van der Waals surface area contributed by atoms with Crippen LogP contribution in [-0.2, 0) is 0 Å². The van der Waals surface area contributed by atoms with E-state index in [4.69, 9.17) is 12.2 Å². The number of hydrogen-bond donors (Lipinski definition) is 2. The smallest absolute Gasteiger partial charge is 0.191 e. The van der Waals surface area contributed by atoms with Crippen LogP contribution in [0.2, 0.25) is 0 Å². The van der Waals surface area contributed by atoms with Gasteiger partial charge in [0.25, 0.3) is 0 Å². The van der Waals surface area contributed by atoms with Gasteiger partial charge in [-0.05, 0) is 43.4 Å². The van der Waals surface area contributed by atoms with Crippen LogP contribution < -0.4 is 10.7 Å². The predicted octanol–water partition coefficient (Wildman–Crippen LogP) is 2.19. The van der Waals surface area contributed by atoms with Crippen LogP contribution in [0.1, 0.15) is 12.6 Å². The normalized spacial score (nSPS) is 10.9. The Labute approximate surface area is 116 Å². The fraction of sp³-hybridized carbons (Fsp3) is 0.0769. The average molecular weight is 271 g/mol. The van der Waals surface area contributed by atoms with Crippen LogP contribution in [0, 0.1) is 0 Å². The fourth-order valence-electron chi connectivity index (χ4n) is 1.36. The second kappa shape index (κ2) is 6.55. The Morgan fingerprint density at radius 3 is 2.63 bits per heavy atom. The van der Waals surface area contributed by atoms with Crippen molar-refractivity contribution >= 4 is 28.7 Å². The van der Waals surface area contributed by atoms with Gasteiger partial charge in [0.2, 0.25) is 0 Å². The van der Waals surface area contributed by atoms with Crippen molar-refractivity contribution < 1.29 is 0 Å². The van der Waals surface area contributed by atoms with Crippen LogP contribution in [0.4, 0.5) is 5.69 Å². The highest BCUT2D eigenvalue weighted by Crippen LogP contribution is 2.02. The SMILES string of the molecule is C/C(=N/NC(=S)Nc1ccncc1)c1ccccn1. The summed E-state index contributed by atoms with van der Waals surface area (Å²) in [6.45, 7) is 1.87. The number of anilines is 1. The zero-order valence-corrected chi connectivity index (χ0v) is 11.2. The molecular weight excluding hydrogens is 258 g/mol. The van der Waals surface area contributed by atoms with E-state index in [9.17, 15) is 0 Å². The first-order chi connectivity index (χ1) is 9.25. The van der Waals surface area contributed by atoms with Gasteiger partial charge >= 0.3 is 0 Å². The third kappa shape index (κ3) is 4.11. The molecule has 2 rings (SSSR count). The molecule has 0 aliphatic rings. The summed E-state index contributed by atoms with van der Waals surface area (Å²) in [5.74, 6) is 0. The van der Waals surface area contributed by atoms with Crippen molar-refractivity contribution in [1.29, 1.82) is 0 Å². The van der Waals surface area contributed by atoms with Gasteiger partial charge in [-0.1, -0.05) is 6.07 Å². The highest BCUT2D eigenvalue weighted by molar-refractivity contribution is 7.80. The Morgan fingerprint density at radius 2 is 1.95 bits per heavy atom. The molecule has 0 aliphatic heterocycles. The Hall–Kier alpha value is -2.34. The first kappa shape index (κ1) is 13.1. The Bertz CT molecular complexity index is 568. The first-order valence-corrected chi connectivity index (χ1v) is 6.09. The lowest BCUT2D eigenvalue weighted by molar-refractivity contribution is 1.03. The van der Waals surface area contributed by atoms with Crippen molar-refractivity contribution in [3.63, 3.8) is 0 Å². The molecule has 0 fully saturated rings. The average Bonchev–Trinajstić information content (AvgIpc) is 2.47. The van der Waals surface area contributed by atoms with Crippen molar-refractivity contribution in [3.8, 4) is 0 Å². The summed E-state index contributed by atoms with van der Waals surface area (Å²) in [5.41, 5.74) is 5.21. The lowest BCUT2D eigenvalue weighted by Crippen LogP contribution is -2.25. The molecule has 0 unspecified atom stereocenters. The molecule has 2 aromatic rings. The van der Waals surface area contributed by atoms with E-state index in [2.05, 4.69) is 25.8 Å². The molecule has 0 aromatic carbocycles. The van der Waals surface area contributed by atoms with E-state index in [0.717, 1.165) is 17.1 Å². The molecule has 0 bridgehead atoms. The van der Waals surface area contributed by atoms with E-state index in [-0.39, 0.29) is 0 Å². The van der Waals surface area contributed by atoms with Gasteiger partial charge < -0.3 is 5.32 Å². The molecule has 0 spiro atoms. The summed E-state index contributed by atoms with van der Waals surface area (Å²) >= 11 is 5.13. The maximum absolute atomic E-state index is 5.13. The van der Waals surface area contributed by atoms with Gasteiger partial charge in [-0.3, -0.25) is 15.4 Å². The summed E-state index contributed by atoms with van der Waals surface area (Å²) < 4.78 is 0. The number of rotatable bonds is 3. The molecule has 0 aliphatic carbocycles. The van der Waals surface area contributed by atoms with Crippen LogP contribution in [0.5, 0.6) is 0 Å². The van der Waals surface area contributed by atoms with Crippen LogP contribution >= 0.6 is 12.2 Å². The van der Waals surface area contributed by atoms with E-state index in [1.807, 2.05) is 37.3 Å². The zero-order chi connectivity index (χ0) is 13.5. The molecule has 0 amide bonds. The van der Waals surface area contributed by atoms with E-state index >= 15 is 0 Å². The molecular formula is C13H13N5S. The van der Waals surface area contributed by atoms with Crippen LogP contribution in [0.25, 0.3) is 0 Å². The van der Waals surface area contributed by atoms with Crippen molar-refractivity contribution in [2.75, 3.05) is 5.32 Å². The second-order valence-electron chi connectivity index (χ2n) is 3.71. The molecule has 0 atom stereocenters. The minimum absolute atomic E-state index is 0.418.